The van der Waals surface area contributed by atoms with Gasteiger partial charge in [0.15, 0.2) is 0 Å². The van der Waals surface area contributed by atoms with Gasteiger partial charge in [0.1, 0.15) is 0 Å². The zero-order valence-electron chi connectivity index (χ0n) is 11.0. The number of alkyl halides is 3. The van der Waals surface area contributed by atoms with Gasteiger partial charge in [-0.3, -0.25) is 0 Å². The highest BCUT2D eigenvalue weighted by Crippen LogP contribution is 2.36. The lowest BCUT2D eigenvalue weighted by molar-refractivity contribution is -0.137. The van der Waals surface area contributed by atoms with Gasteiger partial charge in [-0.2, -0.15) is 18.4 Å². The number of benzene rings is 1. The number of nitrogens with zero attached hydrogens (tertiary/aromatic N) is 1. The average Bonchev–Trinajstić information content (AvgIpc) is 2.37. The molecule has 1 aromatic carbocycles. The Kier molecular flexibility index (Phi) is 4.19. The predicted octanol–water partition coefficient (Wildman–Crippen LogP) is 3.56. The van der Waals surface area contributed by atoms with Gasteiger partial charge in [-0.25, -0.2) is 0 Å². The molecule has 2 atom stereocenters. The number of anilines is 1. The van der Waals surface area contributed by atoms with E-state index in [9.17, 15) is 13.2 Å². The minimum atomic E-state index is -4.44. The van der Waals surface area contributed by atoms with Gasteiger partial charge in [0.05, 0.1) is 23.3 Å². The molecular formula is C14H15F3N2O. The fourth-order valence-corrected chi connectivity index (χ4v) is 2.33. The summed E-state index contributed by atoms with van der Waals surface area (Å²) < 4.78 is 44.3. The topological polar surface area (TPSA) is 45.0 Å². The molecule has 1 aliphatic heterocycles. The van der Waals surface area contributed by atoms with E-state index in [-0.39, 0.29) is 23.4 Å². The van der Waals surface area contributed by atoms with Crippen LogP contribution in [0.3, 0.4) is 0 Å². The van der Waals surface area contributed by atoms with Crippen molar-refractivity contribution >= 4 is 5.69 Å². The first-order valence-corrected chi connectivity index (χ1v) is 6.39. The van der Waals surface area contributed by atoms with Crippen molar-refractivity contribution in [3.05, 3.63) is 29.3 Å². The van der Waals surface area contributed by atoms with Gasteiger partial charge in [-0.05, 0) is 38.0 Å². The van der Waals surface area contributed by atoms with E-state index < -0.39 is 11.7 Å². The second-order valence-corrected chi connectivity index (χ2v) is 4.92. The minimum Gasteiger partial charge on any atom is -0.382 e. The number of nitrogens with one attached hydrogen (secondary N) is 1. The van der Waals surface area contributed by atoms with Crippen molar-refractivity contribution in [2.24, 2.45) is 0 Å². The summed E-state index contributed by atoms with van der Waals surface area (Å²) in [6, 6.07) is 5.17. The van der Waals surface area contributed by atoms with Crippen LogP contribution in [-0.2, 0) is 10.9 Å². The molecule has 0 unspecified atom stereocenters. The van der Waals surface area contributed by atoms with Gasteiger partial charge in [-0.15, -0.1) is 0 Å². The van der Waals surface area contributed by atoms with E-state index in [0.717, 1.165) is 6.07 Å². The second kappa shape index (κ2) is 5.71. The van der Waals surface area contributed by atoms with Gasteiger partial charge in [-0.1, -0.05) is 0 Å². The summed E-state index contributed by atoms with van der Waals surface area (Å²) in [7, 11) is 0. The fourth-order valence-electron chi connectivity index (χ4n) is 2.33. The number of halogens is 3. The Labute approximate surface area is 115 Å². The Bertz CT molecular complexity index is 522. The summed E-state index contributed by atoms with van der Waals surface area (Å²) in [6.45, 7) is 2.42. The van der Waals surface area contributed by atoms with E-state index in [1.54, 1.807) is 0 Å². The highest BCUT2D eigenvalue weighted by Gasteiger charge is 2.34. The lowest BCUT2D eigenvalue weighted by atomic mass is 10.0. The van der Waals surface area contributed by atoms with E-state index >= 15 is 0 Å². The first-order valence-electron chi connectivity index (χ1n) is 6.39. The molecular weight excluding hydrogens is 269 g/mol. The number of hydrogen-bond donors (Lipinski definition) is 1. The van der Waals surface area contributed by atoms with Crippen LogP contribution in [0.25, 0.3) is 0 Å². The number of nitriles is 1. The summed E-state index contributed by atoms with van der Waals surface area (Å²) >= 11 is 0. The molecule has 1 aromatic rings. The Morgan fingerprint density at radius 2 is 2.15 bits per heavy atom. The molecule has 0 bridgehead atoms. The van der Waals surface area contributed by atoms with Crippen molar-refractivity contribution in [3.8, 4) is 6.07 Å². The van der Waals surface area contributed by atoms with Crippen molar-refractivity contribution in [2.45, 2.75) is 38.1 Å². The van der Waals surface area contributed by atoms with Crippen LogP contribution < -0.4 is 5.32 Å². The zero-order valence-corrected chi connectivity index (χ0v) is 11.0. The molecule has 0 saturated carbocycles. The summed E-state index contributed by atoms with van der Waals surface area (Å²) in [6.07, 6.45) is -3.12. The van der Waals surface area contributed by atoms with Crippen LogP contribution >= 0.6 is 0 Å². The maximum absolute atomic E-state index is 13.0. The van der Waals surface area contributed by atoms with Crippen LogP contribution in [0.2, 0.25) is 0 Å². The molecule has 1 N–H and O–H groups in total. The average molecular weight is 284 g/mol. The first-order chi connectivity index (χ1) is 9.40. The van der Waals surface area contributed by atoms with Crippen LogP contribution in [0.5, 0.6) is 0 Å². The molecule has 3 nitrogen and oxygen atoms in total. The van der Waals surface area contributed by atoms with Crippen LogP contribution in [0, 0.1) is 11.3 Å². The van der Waals surface area contributed by atoms with Crippen LogP contribution in [0.1, 0.15) is 30.9 Å². The van der Waals surface area contributed by atoms with Gasteiger partial charge >= 0.3 is 6.18 Å². The molecule has 1 aliphatic rings. The summed E-state index contributed by atoms with van der Waals surface area (Å²) in [5.74, 6) is 0. The highest BCUT2D eigenvalue weighted by atomic mass is 19.4. The minimum absolute atomic E-state index is 0.0229. The molecule has 1 fully saturated rings. The third kappa shape index (κ3) is 3.42. The smallest absolute Gasteiger partial charge is 0.382 e. The van der Waals surface area contributed by atoms with Crippen molar-refractivity contribution < 1.29 is 17.9 Å². The standard InChI is InChI=1S/C14H15F3N2O/c1-9-6-11(4-5-20-9)19-13-7-10(8-18)2-3-12(13)14(15,16)17/h2-3,7,9,11,19H,4-6H2,1H3/t9-,11+/m1/s1. The Morgan fingerprint density at radius 3 is 2.75 bits per heavy atom. The number of rotatable bonds is 2. The second-order valence-electron chi connectivity index (χ2n) is 4.92. The summed E-state index contributed by atoms with van der Waals surface area (Å²) in [5.41, 5.74) is -0.563. The van der Waals surface area contributed by atoms with Gasteiger partial charge in [0.25, 0.3) is 0 Å². The maximum Gasteiger partial charge on any atom is 0.418 e. The van der Waals surface area contributed by atoms with Crippen molar-refractivity contribution in [3.63, 3.8) is 0 Å². The fraction of sp³-hybridized carbons (Fsp3) is 0.500. The van der Waals surface area contributed by atoms with Crippen LogP contribution in [0.4, 0.5) is 18.9 Å². The van der Waals surface area contributed by atoms with E-state index in [1.165, 1.54) is 12.1 Å². The molecule has 0 amide bonds. The van der Waals surface area contributed by atoms with E-state index in [1.807, 2.05) is 13.0 Å². The quantitative estimate of drug-likeness (QED) is 0.903. The molecule has 2 rings (SSSR count). The molecule has 1 heterocycles. The summed E-state index contributed by atoms with van der Waals surface area (Å²) in [5, 5.41) is 11.7. The number of hydrogen-bond acceptors (Lipinski definition) is 3. The lowest BCUT2D eigenvalue weighted by Gasteiger charge is -2.29. The lowest BCUT2D eigenvalue weighted by Crippen LogP contribution is -2.33. The molecule has 0 radical (unpaired) electrons. The van der Waals surface area contributed by atoms with E-state index in [4.69, 9.17) is 10.00 Å². The SMILES string of the molecule is C[C@@H]1C[C@@H](Nc2cc(C#N)ccc2C(F)(F)F)CCO1. The molecule has 0 spiro atoms. The summed E-state index contributed by atoms with van der Waals surface area (Å²) in [4.78, 5) is 0. The van der Waals surface area contributed by atoms with Gasteiger partial charge < -0.3 is 10.1 Å². The van der Waals surface area contributed by atoms with Gasteiger partial charge in [0, 0.05) is 18.3 Å². The van der Waals surface area contributed by atoms with E-state index in [2.05, 4.69) is 5.32 Å². The monoisotopic (exact) mass is 284 g/mol. The molecule has 6 heteroatoms. The van der Waals surface area contributed by atoms with Crippen LogP contribution in [-0.4, -0.2) is 18.8 Å². The molecule has 108 valence electrons. The third-order valence-corrected chi connectivity index (χ3v) is 3.30. The number of ether oxygens (including phenoxy) is 1. The first kappa shape index (κ1) is 14.7. The highest BCUT2D eigenvalue weighted by molar-refractivity contribution is 5.57. The predicted molar refractivity (Wildman–Crippen MR) is 68.2 cm³/mol. The van der Waals surface area contributed by atoms with Crippen LogP contribution in [0.15, 0.2) is 18.2 Å². The Hall–Kier alpha value is -1.74. The Morgan fingerprint density at radius 1 is 1.40 bits per heavy atom. The maximum atomic E-state index is 13.0. The zero-order chi connectivity index (χ0) is 14.8. The molecule has 1 saturated heterocycles. The molecule has 0 aliphatic carbocycles. The Balaban J connectivity index is 2.26. The van der Waals surface area contributed by atoms with Crippen molar-refractivity contribution in [1.29, 1.82) is 5.26 Å². The molecule has 0 aromatic heterocycles. The largest absolute Gasteiger partial charge is 0.418 e. The van der Waals surface area contributed by atoms with Crippen molar-refractivity contribution in [2.75, 3.05) is 11.9 Å². The van der Waals surface area contributed by atoms with E-state index in [0.29, 0.717) is 19.4 Å². The third-order valence-electron chi connectivity index (χ3n) is 3.30. The molecule has 20 heavy (non-hydrogen) atoms. The van der Waals surface area contributed by atoms with Crippen molar-refractivity contribution in [1.82, 2.24) is 0 Å². The normalized spacial score (nSPS) is 23.1. The van der Waals surface area contributed by atoms with Gasteiger partial charge in [0.2, 0.25) is 0 Å².